The number of benzene rings is 1. The number of nitrogens with zero attached hydrogens (tertiary/aromatic N) is 3. The molecule has 6 nitrogen and oxygen atoms in total. The average molecular weight is 534 g/mol. The molecule has 0 unspecified atom stereocenters. The van der Waals surface area contributed by atoms with Crippen LogP contribution in [0, 0.1) is 5.92 Å². The summed E-state index contributed by atoms with van der Waals surface area (Å²) in [6.07, 6.45) is 4.61. The number of carbonyl (C=O) groups is 1. The Morgan fingerprint density at radius 3 is 2.48 bits per heavy atom. The monoisotopic (exact) mass is 533 g/mol. The Kier molecular flexibility index (Phi) is 10.5. The Hall–Kier alpha value is -1.06. The van der Waals surface area contributed by atoms with E-state index in [0.717, 1.165) is 68.7 Å². The lowest BCUT2D eigenvalue weighted by atomic mass is 10.1. The second-order valence-corrected chi connectivity index (χ2v) is 8.00. The van der Waals surface area contributed by atoms with Crippen LogP contribution in [0.2, 0.25) is 5.02 Å². The SMILES string of the molecule is CN=C(NCCN1CCN(C(=O)C2CCCC2)CC1)NCc1ccccc1Cl.I. The standard InChI is InChI=1S/C21H32ClN5O.HI/c1-23-21(25-16-18-8-4-5-9-19(18)22)24-10-11-26-12-14-27(15-13-26)20(28)17-6-2-3-7-17;/h4-5,8-9,17H,2-3,6-7,10-16H2,1H3,(H2,23,24,25);1H. The normalized spacial score (nSPS) is 18.4. The number of halogens is 2. The maximum Gasteiger partial charge on any atom is 0.225 e. The molecule has 0 radical (unpaired) electrons. The van der Waals surface area contributed by atoms with E-state index in [2.05, 4.69) is 25.4 Å². The van der Waals surface area contributed by atoms with Gasteiger partial charge in [0.25, 0.3) is 0 Å². The van der Waals surface area contributed by atoms with Gasteiger partial charge in [-0.15, -0.1) is 24.0 Å². The molecule has 1 amide bonds. The fourth-order valence-corrected chi connectivity index (χ4v) is 4.20. The van der Waals surface area contributed by atoms with Gasteiger partial charge >= 0.3 is 0 Å². The Balaban J connectivity index is 0.00000300. The summed E-state index contributed by atoms with van der Waals surface area (Å²) in [7, 11) is 1.77. The number of piperazine rings is 1. The van der Waals surface area contributed by atoms with Crippen LogP contribution in [0.4, 0.5) is 0 Å². The minimum absolute atomic E-state index is 0. The summed E-state index contributed by atoms with van der Waals surface area (Å²) < 4.78 is 0. The molecule has 1 saturated heterocycles. The van der Waals surface area contributed by atoms with E-state index in [4.69, 9.17) is 11.6 Å². The summed E-state index contributed by atoms with van der Waals surface area (Å²) in [5, 5.41) is 7.42. The summed E-state index contributed by atoms with van der Waals surface area (Å²) in [4.78, 5) is 21.3. The summed E-state index contributed by atoms with van der Waals surface area (Å²) in [6.45, 7) is 6.01. The molecule has 1 aliphatic carbocycles. The maximum absolute atomic E-state index is 12.5. The van der Waals surface area contributed by atoms with E-state index in [0.29, 0.717) is 18.4 Å². The lowest BCUT2D eigenvalue weighted by Crippen LogP contribution is -2.51. The van der Waals surface area contributed by atoms with Crippen LogP contribution in [0.15, 0.2) is 29.3 Å². The average Bonchev–Trinajstić information content (AvgIpc) is 3.26. The van der Waals surface area contributed by atoms with Crippen LogP contribution in [-0.4, -0.2) is 68.0 Å². The summed E-state index contributed by atoms with van der Waals surface area (Å²) >= 11 is 6.20. The number of aliphatic imine (C=N–C) groups is 1. The molecule has 29 heavy (non-hydrogen) atoms. The smallest absolute Gasteiger partial charge is 0.225 e. The van der Waals surface area contributed by atoms with Crippen LogP contribution in [0.25, 0.3) is 0 Å². The number of carbonyl (C=O) groups excluding carboxylic acids is 1. The van der Waals surface area contributed by atoms with Crippen molar-refractivity contribution in [1.82, 2.24) is 20.4 Å². The van der Waals surface area contributed by atoms with Crippen molar-refractivity contribution in [2.45, 2.75) is 32.2 Å². The van der Waals surface area contributed by atoms with Gasteiger partial charge in [-0.2, -0.15) is 0 Å². The van der Waals surface area contributed by atoms with Gasteiger partial charge in [0.1, 0.15) is 0 Å². The van der Waals surface area contributed by atoms with Gasteiger partial charge in [0, 0.05) is 63.8 Å². The number of guanidine groups is 1. The largest absolute Gasteiger partial charge is 0.355 e. The lowest BCUT2D eigenvalue weighted by Gasteiger charge is -2.36. The fourth-order valence-electron chi connectivity index (χ4n) is 4.00. The maximum atomic E-state index is 12.5. The Bertz CT molecular complexity index is 673. The number of amides is 1. The van der Waals surface area contributed by atoms with E-state index in [1.165, 1.54) is 12.8 Å². The second-order valence-electron chi connectivity index (χ2n) is 7.59. The molecule has 2 fully saturated rings. The first-order valence-electron chi connectivity index (χ1n) is 10.4. The molecule has 1 aromatic rings. The van der Waals surface area contributed by atoms with Gasteiger partial charge < -0.3 is 15.5 Å². The zero-order valence-corrected chi connectivity index (χ0v) is 20.3. The molecule has 8 heteroatoms. The summed E-state index contributed by atoms with van der Waals surface area (Å²) in [5.41, 5.74) is 1.05. The zero-order chi connectivity index (χ0) is 19.8. The molecule has 3 rings (SSSR count). The summed E-state index contributed by atoms with van der Waals surface area (Å²) in [5.74, 6) is 1.45. The van der Waals surface area contributed by atoms with Gasteiger partial charge in [-0.3, -0.25) is 14.7 Å². The van der Waals surface area contributed by atoms with Gasteiger partial charge in [-0.05, 0) is 24.5 Å². The van der Waals surface area contributed by atoms with E-state index in [-0.39, 0.29) is 24.0 Å². The first-order chi connectivity index (χ1) is 13.7. The van der Waals surface area contributed by atoms with Crippen molar-refractivity contribution < 1.29 is 4.79 Å². The second kappa shape index (κ2) is 12.6. The highest BCUT2D eigenvalue weighted by Crippen LogP contribution is 2.26. The van der Waals surface area contributed by atoms with Gasteiger partial charge in [-0.1, -0.05) is 42.6 Å². The van der Waals surface area contributed by atoms with Crippen LogP contribution in [-0.2, 0) is 11.3 Å². The number of hydrogen-bond acceptors (Lipinski definition) is 3. The van der Waals surface area contributed by atoms with Gasteiger partial charge in [0.05, 0.1) is 0 Å². The molecular formula is C21H33ClIN5O. The van der Waals surface area contributed by atoms with Gasteiger partial charge in [0.15, 0.2) is 5.96 Å². The highest BCUT2D eigenvalue weighted by atomic mass is 127. The van der Waals surface area contributed by atoms with Crippen molar-refractivity contribution in [3.63, 3.8) is 0 Å². The van der Waals surface area contributed by atoms with Gasteiger partial charge in [-0.25, -0.2) is 0 Å². The van der Waals surface area contributed by atoms with E-state index < -0.39 is 0 Å². The van der Waals surface area contributed by atoms with Crippen LogP contribution >= 0.6 is 35.6 Å². The Morgan fingerprint density at radius 2 is 1.83 bits per heavy atom. The summed E-state index contributed by atoms with van der Waals surface area (Å²) in [6, 6.07) is 7.82. The van der Waals surface area contributed by atoms with E-state index >= 15 is 0 Å². The Morgan fingerprint density at radius 1 is 1.14 bits per heavy atom. The number of hydrogen-bond donors (Lipinski definition) is 2. The zero-order valence-electron chi connectivity index (χ0n) is 17.2. The molecular weight excluding hydrogens is 501 g/mol. The molecule has 0 spiro atoms. The van der Waals surface area contributed by atoms with Crippen molar-refractivity contribution in [2.24, 2.45) is 10.9 Å². The van der Waals surface area contributed by atoms with Crippen molar-refractivity contribution in [3.05, 3.63) is 34.9 Å². The minimum Gasteiger partial charge on any atom is -0.355 e. The number of rotatable bonds is 6. The van der Waals surface area contributed by atoms with E-state index in [1.807, 2.05) is 24.3 Å². The van der Waals surface area contributed by atoms with Crippen LogP contribution in [0.5, 0.6) is 0 Å². The molecule has 1 aliphatic heterocycles. The van der Waals surface area contributed by atoms with E-state index in [1.54, 1.807) is 7.05 Å². The third-order valence-corrected chi connectivity index (χ3v) is 6.11. The quantitative estimate of drug-likeness (QED) is 0.335. The molecule has 1 saturated carbocycles. The van der Waals surface area contributed by atoms with E-state index in [9.17, 15) is 4.79 Å². The van der Waals surface area contributed by atoms with Crippen LogP contribution in [0.1, 0.15) is 31.2 Å². The third kappa shape index (κ3) is 7.29. The van der Waals surface area contributed by atoms with Crippen LogP contribution < -0.4 is 10.6 Å². The van der Waals surface area contributed by atoms with Crippen molar-refractivity contribution in [2.75, 3.05) is 46.3 Å². The highest BCUT2D eigenvalue weighted by Gasteiger charge is 2.29. The predicted octanol–water partition coefficient (Wildman–Crippen LogP) is 2.96. The Labute approximate surface area is 196 Å². The minimum atomic E-state index is 0. The first-order valence-corrected chi connectivity index (χ1v) is 10.7. The van der Waals surface area contributed by atoms with Crippen molar-refractivity contribution in [1.29, 1.82) is 0 Å². The molecule has 0 aromatic heterocycles. The third-order valence-electron chi connectivity index (χ3n) is 5.74. The number of nitrogens with one attached hydrogen (secondary N) is 2. The lowest BCUT2D eigenvalue weighted by molar-refractivity contribution is -0.137. The molecule has 0 atom stereocenters. The molecule has 0 bridgehead atoms. The molecule has 2 N–H and O–H groups in total. The molecule has 1 heterocycles. The molecule has 162 valence electrons. The molecule has 2 aliphatic rings. The first kappa shape index (κ1) is 24.2. The fraction of sp³-hybridized carbons (Fsp3) is 0.619. The van der Waals surface area contributed by atoms with Crippen molar-refractivity contribution >= 4 is 47.4 Å². The topological polar surface area (TPSA) is 60.0 Å². The van der Waals surface area contributed by atoms with Gasteiger partial charge in [0.2, 0.25) is 5.91 Å². The van der Waals surface area contributed by atoms with Crippen molar-refractivity contribution in [3.8, 4) is 0 Å². The van der Waals surface area contributed by atoms with Crippen LogP contribution in [0.3, 0.4) is 0 Å². The predicted molar refractivity (Wildman–Crippen MR) is 130 cm³/mol. The molecule has 1 aromatic carbocycles. The highest BCUT2D eigenvalue weighted by molar-refractivity contribution is 14.0.